The van der Waals surface area contributed by atoms with Crippen molar-refractivity contribution >= 4 is 18.3 Å². The van der Waals surface area contributed by atoms with Crippen molar-refractivity contribution in [3.8, 4) is 5.75 Å². The number of piperidine rings is 1. The number of rotatable bonds is 5. The number of carbonyl (C=O) groups is 1. The number of carbonyl (C=O) groups excluding carboxylic acids is 1. The van der Waals surface area contributed by atoms with Gasteiger partial charge in [0.1, 0.15) is 12.4 Å². The first-order valence-corrected chi connectivity index (χ1v) is 8.44. The van der Waals surface area contributed by atoms with E-state index in [4.69, 9.17) is 9.47 Å². The molecule has 134 valence electrons. The van der Waals surface area contributed by atoms with E-state index in [2.05, 4.69) is 5.32 Å². The molecule has 0 atom stereocenters. The second kappa shape index (κ2) is 8.70. The van der Waals surface area contributed by atoms with Gasteiger partial charge in [-0.1, -0.05) is 0 Å². The summed E-state index contributed by atoms with van der Waals surface area (Å²) in [6.45, 7) is 5.05. The van der Waals surface area contributed by atoms with Crippen LogP contribution in [0.5, 0.6) is 5.75 Å². The number of ether oxygens (including phenoxy) is 2. The van der Waals surface area contributed by atoms with Gasteiger partial charge in [-0.25, -0.2) is 0 Å². The lowest BCUT2D eigenvalue weighted by atomic mass is 9.78. The Labute approximate surface area is 150 Å². The number of amides is 1. The van der Waals surface area contributed by atoms with Gasteiger partial charge in [-0.05, 0) is 55.5 Å². The molecule has 0 bridgehead atoms. The van der Waals surface area contributed by atoms with Crippen molar-refractivity contribution in [2.75, 3.05) is 46.5 Å². The summed E-state index contributed by atoms with van der Waals surface area (Å²) in [7, 11) is 1.65. The van der Waals surface area contributed by atoms with E-state index >= 15 is 0 Å². The zero-order chi connectivity index (χ0) is 16.1. The SMILES string of the molecule is COCCOc1ccc(C(=O)N2CCC3(CCNC3)CC2)cc1.Cl. The molecule has 5 nitrogen and oxygen atoms in total. The van der Waals surface area contributed by atoms with E-state index < -0.39 is 0 Å². The number of benzene rings is 1. The lowest BCUT2D eigenvalue weighted by Gasteiger charge is -2.38. The minimum atomic E-state index is 0. The molecule has 2 saturated heterocycles. The maximum Gasteiger partial charge on any atom is 0.253 e. The largest absolute Gasteiger partial charge is 0.491 e. The second-order valence-corrected chi connectivity index (χ2v) is 6.58. The van der Waals surface area contributed by atoms with Crippen LogP contribution >= 0.6 is 12.4 Å². The molecule has 6 heteroatoms. The number of nitrogens with one attached hydrogen (secondary N) is 1. The minimum Gasteiger partial charge on any atom is -0.491 e. The van der Waals surface area contributed by atoms with Crippen LogP contribution in [0.3, 0.4) is 0 Å². The quantitative estimate of drug-likeness (QED) is 0.825. The van der Waals surface area contributed by atoms with Crippen LogP contribution in [-0.4, -0.2) is 57.3 Å². The number of hydrogen-bond donors (Lipinski definition) is 1. The van der Waals surface area contributed by atoms with Crippen LogP contribution in [0.4, 0.5) is 0 Å². The van der Waals surface area contributed by atoms with Gasteiger partial charge in [0, 0.05) is 32.3 Å². The van der Waals surface area contributed by atoms with E-state index in [0.717, 1.165) is 50.3 Å². The first kappa shape index (κ1) is 19.0. The summed E-state index contributed by atoms with van der Waals surface area (Å²) in [5.41, 5.74) is 1.18. The highest BCUT2D eigenvalue weighted by Gasteiger charge is 2.38. The molecule has 2 aliphatic heterocycles. The first-order chi connectivity index (χ1) is 11.2. The highest BCUT2D eigenvalue weighted by Crippen LogP contribution is 2.37. The lowest BCUT2D eigenvalue weighted by Crippen LogP contribution is -2.44. The summed E-state index contributed by atoms with van der Waals surface area (Å²) < 4.78 is 10.5. The van der Waals surface area contributed by atoms with Crippen molar-refractivity contribution in [3.05, 3.63) is 29.8 Å². The molecule has 24 heavy (non-hydrogen) atoms. The van der Waals surface area contributed by atoms with Crippen molar-refractivity contribution in [1.82, 2.24) is 10.2 Å². The molecule has 2 aliphatic rings. The number of halogens is 1. The van der Waals surface area contributed by atoms with Gasteiger partial charge in [0.2, 0.25) is 0 Å². The Hall–Kier alpha value is -1.30. The Morgan fingerprint density at radius 3 is 2.46 bits per heavy atom. The highest BCUT2D eigenvalue weighted by molar-refractivity contribution is 5.94. The van der Waals surface area contributed by atoms with E-state index in [-0.39, 0.29) is 18.3 Å². The molecule has 2 fully saturated rings. The molecule has 0 aliphatic carbocycles. The molecule has 2 heterocycles. The standard InChI is InChI=1S/C18H26N2O3.ClH/c1-22-12-13-23-16-4-2-15(3-5-16)17(21)20-10-7-18(8-11-20)6-9-19-14-18;/h2-5,19H,6-14H2,1H3;1H. The average molecular weight is 355 g/mol. The fourth-order valence-electron chi connectivity index (χ4n) is 3.53. The van der Waals surface area contributed by atoms with Crippen molar-refractivity contribution in [3.63, 3.8) is 0 Å². The third-order valence-electron chi connectivity index (χ3n) is 5.10. The molecule has 1 aromatic rings. The van der Waals surface area contributed by atoms with Crippen molar-refractivity contribution in [2.24, 2.45) is 5.41 Å². The summed E-state index contributed by atoms with van der Waals surface area (Å²) in [6, 6.07) is 7.42. The number of methoxy groups -OCH3 is 1. The van der Waals surface area contributed by atoms with Gasteiger partial charge in [0.05, 0.1) is 6.61 Å². The minimum absolute atomic E-state index is 0. The van der Waals surface area contributed by atoms with E-state index in [0.29, 0.717) is 18.6 Å². The lowest BCUT2D eigenvalue weighted by molar-refractivity contribution is 0.0607. The zero-order valence-electron chi connectivity index (χ0n) is 14.3. The van der Waals surface area contributed by atoms with Crippen LogP contribution in [0.1, 0.15) is 29.6 Å². The summed E-state index contributed by atoms with van der Waals surface area (Å²) in [6.07, 6.45) is 3.48. The maximum atomic E-state index is 12.6. The van der Waals surface area contributed by atoms with E-state index in [1.165, 1.54) is 6.42 Å². The fraction of sp³-hybridized carbons (Fsp3) is 0.611. The molecule has 0 unspecified atom stereocenters. The van der Waals surface area contributed by atoms with Gasteiger partial charge in [0.25, 0.3) is 5.91 Å². The second-order valence-electron chi connectivity index (χ2n) is 6.58. The molecule has 1 amide bonds. The third kappa shape index (κ3) is 4.41. The first-order valence-electron chi connectivity index (χ1n) is 8.44. The number of hydrogen-bond acceptors (Lipinski definition) is 4. The van der Waals surface area contributed by atoms with Crippen LogP contribution in [0.25, 0.3) is 0 Å². The third-order valence-corrected chi connectivity index (χ3v) is 5.10. The predicted molar refractivity (Wildman–Crippen MR) is 96.1 cm³/mol. The normalized spacial score (nSPS) is 19.1. The smallest absolute Gasteiger partial charge is 0.253 e. The van der Waals surface area contributed by atoms with Gasteiger partial charge in [0.15, 0.2) is 0 Å². The van der Waals surface area contributed by atoms with Crippen LogP contribution in [0, 0.1) is 5.41 Å². The van der Waals surface area contributed by atoms with Crippen molar-refractivity contribution in [1.29, 1.82) is 0 Å². The Bertz CT molecular complexity index is 520. The van der Waals surface area contributed by atoms with Gasteiger partial charge < -0.3 is 19.7 Å². The Kier molecular flexibility index (Phi) is 6.90. The summed E-state index contributed by atoms with van der Waals surface area (Å²) in [5.74, 6) is 0.905. The average Bonchev–Trinajstić information content (AvgIpc) is 3.04. The molecule has 0 radical (unpaired) electrons. The topological polar surface area (TPSA) is 50.8 Å². The van der Waals surface area contributed by atoms with Gasteiger partial charge >= 0.3 is 0 Å². The molecule has 1 aromatic carbocycles. The van der Waals surface area contributed by atoms with Crippen molar-refractivity contribution in [2.45, 2.75) is 19.3 Å². The van der Waals surface area contributed by atoms with E-state index in [1.54, 1.807) is 7.11 Å². The van der Waals surface area contributed by atoms with Crippen LogP contribution in [-0.2, 0) is 4.74 Å². The summed E-state index contributed by atoms with van der Waals surface area (Å²) >= 11 is 0. The Morgan fingerprint density at radius 2 is 1.88 bits per heavy atom. The zero-order valence-corrected chi connectivity index (χ0v) is 15.1. The molecule has 0 saturated carbocycles. The summed E-state index contributed by atoms with van der Waals surface area (Å²) in [5, 5.41) is 3.46. The van der Waals surface area contributed by atoms with Crippen LogP contribution in [0.2, 0.25) is 0 Å². The molecular formula is C18H27ClN2O3. The molecule has 1 spiro atoms. The van der Waals surface area contributed by atoms with Gasteiger partial charge in [-0.2, -0.15) is 0 Å². The van der Waals surface area contributed by atoms with E-state index in [1.807, 2.05) is 29.2 Å². The fourth-order valence-corrected chi connectivity index (χ4v) is 3.53. The monoisotopic (exact) mass is 354 g/mol. The molecule has 3 rings (SSSR count). The Balaban J connectivity index is 0.00000208. The van der Waals surface area contributed by atoms with Crippen LogP contribution < -0.4 is 10.1 Å². The van der Waals surface area contributed by atoms with E-state index in [9.17, 15) is 4.79 Å². The molecule has 1 N–H and O–H groups in total. The van der Waals surface area contributed by atoms with Gasteiger partial charge in [-0.15, -0.1) is 12.4 Å². The molecule has 0 aromatic heterocycles. The van der Waals surface area contributed by atoms with Crippen LogP contribution in [0.15, 0.2) is 24.3 Å². The Morgan fingerprint density at radius 1 is 1.17 bits per heavy atom. The number of nitrogens with zero attached hydrogens (tertiary/aromatic N) is 1. The highest BCUT2D eigenvalue weighted by atomic mass is 35.5. The molecular weight excluding hydrogens is 328 g/mol. The maximum absolute atomic E-state index is 12.6. The van der Waals surface area contributed by atoms with Crippen molar-refractivity contribution < 1.29 is 14.3 Å². The number of likely N-dealkylation sites (tertiary alicyclic amines) is 1. The predicted octanol–water partition coefficient (Wildman–Crippen LogP) is 2.35. The van der Waals surface area contributed by atoms with Gasteiger partial charge in [-0.3, -0.25) is 4.79 Å². The summed E-state index contributed by atoms with van der Waals surface area (Å²) in [4.78, 5) is 14.6.